The van der Waals surface area contributed by atoms with Gasteiger partial charge in [0.15, 0.2) is 11.5 Å². The van der Waals surface area contributed by atoms with Crippen molar-refractivity contribution < 1.29 is 19.0 Å². The molecule has 2 aliphatic rings. The third-order valence-corrected chi connectivity index (χ3v) is 4.97. The molecule has 1 amide bonds. The van der Waals surface area contributed by atoms with Crippen molar-refractivity contribution in [3.05, 3.63) is 53.6 Å². The summed E-state index contributed by atoms with van der Waals surface area (Å²) >= 11 is 0. The van der Waals surface area contributed by atoms with Crippen molar-refractivity contribution in [2.45, 2.75) is 32.3 Å². The second kappa shape index (κ2) is 8.96. The SMILES string of the molecule is CCc1ccc(NC(=NC[C@H]2CCCO2)NC(=O)c2ccc3c(c2)OCO3)cc1. The summed E-state index contributed by atoms with van der Waals surface area (Å²) in [5.74, 6) is 1.33. The van der Waals surface area contributed by atoms with Crippen LogP contribution in [0.2, 0.25) is 0 Å². The number of hydrogen-bond acceptors (Lipinski definition) is 5. The molecule has 4 rings (SSSR count). The van der Waals surface area contributed by atoms with Gasteiger partial charge in [0.05, 0.1) is 12.6 Å². The molecule has 7 nitrogen and oxygen atoms in total. The molecule has 0 unspecified atom stereocenters. The summed E-state index contributed by atoms with van der Waals surface area (Å²) in [4.78, 5) is 17.4. The Morgan fingerprint density at radius 2 is 1.97 bits per heavy atom. The molecule has 1 saturated heterocycles. The van der Waals surface area contributed by atoms with E-state index in [0.717, 1.165) is 31.6 Å². The molecule has 2 N–H and O–H groups in total. The lowest BCUT2D eigenvalue weighted by atomic mass is 10.1. The molecule has 2 aromatic rings. The Hall–Kier alpha value is -3.06. The highest BCUT2D eigenvalue weighted by molar-refractivity contribution is 6.10. The summed E-state index contributed by atoms with van der Waals surface area (Å²) < 4.78 is 16.3. The third-order valence-electron chi connectivity index (χ3n) is 4.97. The number of aryl methyl sites for hydroxylation is 1. The van der Waals surface area contributed by atoms with Gasteiger partial charge in [-0.2, -0.15) is 0 Å². The van der Waals surface area contributed by atoms with Gasteiger partial charge in [-0.3, -0.25) is 10.1 Å². The molecule has 0 saturated carbocycles. The van der Waals surface area contributed by atoms with Crippen LogP contribution in [0.5, 0.6) is 11.5 Å². The number of benzene rings is 2. The highest BCUT2D eigenvalue weighted by atomic mass is 16.7. The molecule has 152 valence electrons. The Balaban J connectivity index is 1.48. The molecule has 2 aromatic carbocycles. The van der Waals surface area contributed by atoms with Gasteiger partial charge in [-0.1, -0.05) is 19.1 Å². The van der Waals surface area contributed by atoms with Crippen molar-refractivity contribution in [1.29, 1.82) is 0 Å². The van der Waals surface area contributed by atoms with Crippen molar-refractivity contribution in [1.82, 2.24) is 5.32 Å². The van der Waals surface area contributed by atoms with Crippen LogP contribution < -0.4 is 20.1 Å². The summed E-state index contributed by atoms with van der Waals surface area (Å²) in [6, 6.07) is 13.2. The minimum Gasteiger partial charge on any atom is -0.454 e. The molecular formula is C22H25N3O4. The van der Waals surface area contributed by atoms with E-state index in [1.54, 1.807) is 18.2 Å². The van der Waals surface area contributed by atoms with Crippen molar-refractivity contribution in [2.75, 3.05) is 25.3 Å². The zero-order valence-electron chi connectivity index (χ0n) is 16.4. The molecule has 0 bridgehead atoms. The summed E-state index contributed by atoms with van der Waals surface area (Å²) in [7, 11) is 0. The van der Waals surface area contributed by atoms with E-state index in [1.165, 1.54) is 5.56 Å². The maximum Gasteiger partial charge on any atom is 0.258 e. The van der Waals surface area contributed by atoms with Gasteiger partial charge in [-0.25, -0.2) is 4.99 Å². The summed E-state index contributed by atoms with van der Waals surface area (Å²) in [6.45, 7) is 3.55. The van der Waals surface area contributed by atoms with E-state index < -0.39 is 0 Å². The van der Waals surface area contributed by atoms with Crippen LogP contribution in [0.1, 0.15) is 35.7 Å². The molecule has 1 fully saturated rings. The second-order valence-corrected chi connectivity index (χ2v) is 7.02. The van der Waals surface area contributed by atoms with Crippen molar-refractivity contribution in [3.8, 4) is 11.5 Å². The van der Waals surface area contributed by atoms with E-state index in [0.29, 0.717) is 29.6 Å². The first-order chi connectivity index (χ1) is 14.2. The molecular weight excluding hydrogens is 370 g/mol. The summed E-state index contributed by atoms with van der Waals surface area (Å²) in [6.07, 6.45) is 3.10. The van der Waals surface area contributed by atoms with E-state index in [9.17, 15) is 4.79 Å². The minimum atomic E-state index is -0.271. The van der Waals surface area contributed by atoms with Crippen molar-refractivity contribution in [2.24, 2.45) is 4.99 Å². The number of amides is 1. The number of nitrogens with one attached hydrogen (secondary N) is 2. The second-order valence-electron chi connectivity index (χ2n) is 7.02. The van der Waals surface area contributed by atoms with Crippen LogP contribution in [0.4, 0.5) is 5.69 Å². The van der Waals surface area contributed by atoms with E-state index in [2.05, 4.69) is 34.7 Å². The van der Waals surface area contributed by atoms with Crippen LogP contribution in [0, 0.1) is 0 Å². The topological polar surface area (TPSA) is 81.2 Å². The molecule has 0 spiro atoms. The van der Waals surface area contributed by atoms with E-state index in [4.69, 9.17) is 14.2 Å². The van der Waals surface area contributed by atoms with Gasteiger partial charge in [0.2, 0.25) is 12.8 Å². The largest absolute Gasteiger partial charge is 0.454 e. The van der Waals surface area contributed by atoms with Crippen molar-refractivity contribution in [3.63, 3.8) is 0 Å². The Bertz CT molecular complexity index is 889. The van der Waals surface area contributed by atoms with Crippen LogP contribution in [-0.2, 0) is 11.2 Å². The predicted molar refractivity (Wildman–Crippen MR) is 111 cm³/mol. The summed E-state index contributed by atoms with van der Waals surface area (Å²) in [5, 5.41) is 6.09. The number of hydrogen-bond donors (Lipinski definition) is 2. The van der Waals surface area contributed by atoms with Crippen LogP contribution in [0.15, 0.2) is 47.5 Å². The maximum atomic E-state index is 12.8. The van der Waals surface area contributed by atoms with Gasteiger partial charge >= 0.3 is 0 Å². The molecule has 29 heavy (non-hydrogen) atoms. The number of fused-ring (bicyclic) bond motifs is 1. The van der Waals surface area contributed by atoms with Gasteiger partial charge < -0.3 is 19.5 Å². The Labute approximate surface area is 170 Å². The fraction of sp³-hybridized carbons (Fsp3) is 0.364. The van der Waals surface area contributed by atoms with Crippen LogP contribution in [-0.4, -0.2) is 37.9 Å². The number of carbonyl (C=O) groups excluding carboxylic acids is 1. The zero-order valence-corrected chi connectivity index (χ0v) is 16.4. The minimum absolute atomic E-state index is 0.0942. The Morgan fingerprint density at radius 3 is 2.72 bits per heavy atom. The lowest BCUT2D eigenvalue weighted by Gasteiger charge is -2.14. The first kappa shape index (κ1) is 19.3. The number of aliphatic imine (C=N–C) groups is 1. The molecule has 2 heterocycles. The van der Waals surface area contributed by atoms with Crippen LogP contribution >= 0.6 is 0 Å². The Morgan fingerprint density at radius 1 is 1.14 bits per heavy atom. The standard InChI is InChI=1S/C22H25N3O4/c1-2-15-5-8-17(9-6-15)24-22(23-13-18-4-3-11-27-18)25-21(26)16-7-10-19-20(12-16)29-14-28-19/h5-10,12,18H,2-4,11,13-14H2,1H3,(H2,23,24,25,26)/t18-/m1/s1. The molecule has 0 radical (unpaired) electrons. The number of rotatable bonds is 5. The van der Waals surface area contributed by atoms with Gasteiger partial charge in [0, 0.05) is 17.9 Å². The number of ether oxygens (including phenoxy) is 3. The Kier molecular flexibility index (Phi) is 5.95. The van der Waals surface area contributed by atoms with E-state index in [1.807, 2.05) is 12.1 Å². The van der Waals surface area contributed by atoms with Gasteiger partial charge in [0.25, 0.3) is 5.91 Å². The first-order valence-electron chi connectivity index (χ1n) is 9.94. The maximum absolute atomic E-state index is 12.8. The molecule has 2 aliphatic heterocycles. The van der Waals surface area contributed by atoms with E-state index in [-0.39, 0.29) is 18.8 Å². The average Bonchev–Trinajstić information content (AvgIpc) is 3.43. The fourth-order valence-corrected chi connectivity index (χ4v) is 3.27. The van der Waals surface area contributed by atoms with Crippen LogP contribution in [0.3, 0.4) is 0 Å². The third kappa shape index (κ3) is 4.86. The first-order valence-corrected chi connectivity index (χ1v) is 9.94. The molecule has 7 heteroatoms. The summed E-state index contributed by atoms with van der Waals surface area (Å²) in [5.41, 5.74) is 2.58. The van der Waals surface area contributed by atoms with Gasteiger partial charge in [-0.15, -0.1) is 0 Å². The normalized spacial score (nSPS) is 18.0. The van der Waals surface area contributed by atoms with E-state index >= 15 is 0 Å². The lowest BCUT2D eigenvalue weighted by molar-refractivity contribution is 0.0975. The number of nitrogens with zero attached hydrogens (tertiary/aromatic N) is 1. The number of carbonyl (C=O) groups is 1. The molecule has 0 aromatic heterocycles. The lowest BCUT2D eigenvalue weighted by Crippen LogP contribution is -2.36. The van der Waals surface area contributed by atoms with Gasteiger partial charge in [-0.05, 0) is 55.2 Å². The van der Waals surface area contributed by atoms with Crippen LogP contribution in [0.25, 0.3) is 0 Å². The molecule has 1 atom stereocenters. The fourth-order valence-electron chi connectivity index (χ4n) is 3.27. The zero-order chi connectivity index (χ0) is 20.1. The quantitative estimate of drug-likeness (QED) is 0.599. The molecule has 0 aliphatic carbocycles. The monoisotopic (exact) mass is 395 g/mol. The highest BCUT2D eigenvalue weighted by Gasteiger charge is 2.18. The average molecular weight is 395 g/mol. The number of anilines is 1. The smallest absolute Gasteiger partial charge is 0.258 e. The predicted octanol–water partition coefficient (Wildman–Crippen LogP) is 3.35. The van der Waals surface area contributed by atoms with Crippen molar-refractivity contribution >= 4 is 17.6 Å². The van der Waals surface area contributed by atoms with Gasteiger partial charge in [0.1, 0.15) is 0 Å². The highest BCUT2D eigenvalue weighted by Crippen LogP contribution is 2.32. The number of guanidine groups is 1.